The van der Waals surface area contributed by atoms with Crippen LogP contribution < -0.4 is 59.1 Å². The van der Waals surface area contributed by atoms with Crippen LogP contribution in [-0.2, 0) is 42.5 Å². The number of ketones is 5. The third-order valence-corrected chi connectivity index (χ3v) is 11.5. The molecule has 9 nitrogen and oxygen atoms in total. The fourth-order valence-electron chi connectivity index (χ4n) is 7.54. The summed E-state index contributed by atoms with van der Waals surface area (Å²) < 4.78 is 34.1. The molecular weight excluding hydrogens is 1060 g/mol. The summed E-state index contributed by atoms with van der Waals surface area (Å²) in [6.45, 7) is 0. The normalized spacial score (nSPS) is 9.73. The Kier molecular flexibility index (Phi) is 33.3. The average Bonchev–Trinajstić information content (AvgIpc) is 3.51. The van der Waals surface area contributed by atoms with Gasteiger partial charge in [0.25, 0.3) is 0 Å². The van der Waals surface area contributed by atoms with Crippen LogP contribution >= 0.6 is 0 Å². The monoisotopic (exact) mass is 1120 g/mol. The van der Waals surface area contributed by atoms with Crippen molar-refractivity contribution in [2.24, 2.45) is 0 Å². The van der Waals surface area contributed by atoms with E-state index in [0.717, 1.165) is 55.6 Å². The van der Waals surface area contributed by atoms with Crippen molar-refractivity contribution in [3.05, 3.63) is 359 Å². The molecule has 12 heteroatoms. The van der Waals surface area contributed by atoms with E-state index in [1.54, 1.807) is 0 Å². The van der Waals surface area contributed by atoms with Gasteiger partial charge < -0.3 is 9.11 Å². The summed E-state index contributed by atoms with van der Waals surface area (Å²) in [7, 11) is -5.17. The van der Waals surface area contributed by atoms with E-state index in [1.807, 2.05) is 303 Å². The van der Waals surface area contributed by atoms with Crippen molar-refractivity contribution >= 4 is 39.3 Å². The molecule has 10 rings (SSSR count). The van der Waals surface area contributed by atoms with E-state index in [2.05, 4.69) is 0 Å². The number of hydrogen-bond donors (Lipinski definition) is 0. The van der Waals surface area contributed by atoms with Crippen molar-refractivity contribution in [2.75, 3.05) is 0 Å². The molecule has 0 amide bonds. The fourth-order valence-corrected chi connectivity index (χ4v) is 7.54. The molecule has 0 radical (unpaired) electrons. The fraction of sp³-hybridized carbons (Fsp3) is 0.0714. The topological polar surface area (TPSA) is 166 Å². The van der Waals surface area contributed by atoms with E-state index in [0.29, 0.717) is 32.1 Å². The van der Waals surface area contributed by atoms with E-state index < -0.39 is 10.4 Å². The van der Waals surface area contributed by atoms with Crippen LogP contribution in [-0.4, -0.2) is 46.4 Å². The van der Waals surface area contributed by atoms with E-state index >= 15 is 0 Å². The predicted molar refractivity (Wildman–Crippen MR) is 315 cm³/mol. The first kappa shape index (κ1) is 68.7. The van der Waals surface area contributed by atoms with E-state index in [1.165, 1.54) is 0 Å². The minimum absolute atomic E-state index is 0. The summed E-state index contributed by atoms with van der Waals surface area (Å²) in [6.07, 6.45) is 2.39. The summed E-state index contributed by atoms with van der Waals surface area (Å²) in [5, 5.41) is 0. The standard InChI is InChI=1S/5C14H12O.2Na.H2O4S/c5*15-14(13-9-5-2-6-10-13)11-12-7-3-1-4-8-12;;;1-5(2,3)4/h5*1-10H,11H2;;;(H2,1,2,3,4)/q;;;;;2*+1;/p-2. The van der Waals surface area contributed by atoms with Gasteiger partial charge in [0.05, 0.1) is 0 Å². The average molecular weight is 1120 g/mol. The molecule has 10 aromatic carbocycles. The molecule has 0 N–H and O–H groups in total. The smallest absolute Gasteiger partial charge is 0.759 e. The quantitative estimate of drug-likeness (QED) is 0.0426. The van der Waals surface area contributed by atoms with Crippen LogP contribution in [0.1, 0.15) is 79.6 Å². The first-order valence-corrected chi connectivity index (χ1v) is 26.9. The van der Waals surface area contributed by atoms with E-state index in [-0.39, 0.29) is 88.0 Å². The molecule has 0 aliphatic rings. The van der Waals surface area contributed by atoms with Gasteiger partial charge in [-0.2, -0.15) is 0 Å². The van der Waals surface area contributed by atoms with Gasteiger partial charge in [-0.1, -0.05) is 303 Å². The van der Waals surface area contributed by atoms with Crippen molar-refractivity contribution in [2.45, 2.75) is 32.1 Å². The Morgan fingerprint density at radius 3 is 0.427 bits per heavy atom. The minimum Gasteiger partial charge on any atom is -0.759 e. The zero-order valence-electron chi connectivity index (χ0n) is 46.0. The number of Topliss-reactive ketones (excluding diaryl/α,β-unsaturated/α-hetero) is 5. The van der Waals surface area contributed by atoms with Crippen LogP contribution in [0.3, 0.4) is 0 Å². The van der Waals surface area contributed by atoms with Gasteiger partial charge in [-0.05, 0) is 27.8 Å². The zero-order valence-corrected chi connectivity index (χ0v) is 50.8. The van der Waals surface area contributed by atoms with Gasteiger partial charge in [-0.15, -0.1) is 0 Å². The molecule has 0 fully saturated rings. The predicted octanol–water partition coefficient (Wildman–Crippen LogP) is 8.23. The van der Waals surface area contributed by atoms with Gasteiger partial charge in [-0.25, -0.2) is 0 Å². The van der Waals surface area contributed by atoms with Crippen molar-refractivity contribution < 1.29 is 101 Å². The molecule has 0 spiro atoms. The summed E-state index contributed by atoms with van der Waals surface area (Å²) in [4.78, 5) is 59.1. The van der Waals surface area contributed by atoms with Crippen LogP contribution in [0.2, 0.25) is 0 Å². The van der Waals surface area contributed by atoms with Crippen LogP contribution in [0.4, 0.5) is 0 Å². The van der Waals surface area contributed by atoms with Gasteiger partial charge in [0.2, 0.25) is 0 Å². The number of carbonyl (C=O) groups is 5. The molecule has 0 bridgehead atoms. The maximum absolute atomic E-state index is 11.8. The van der Waals surface area contributed by atoms with Gasteiger partial charge in [0.1, 0.15) is 0 Å². The van der Waals surface area contributed by atoms with Gasteiger partial charge >= 0.3 is 59.1 Å². The molecule has 0 saturated heterocycles. The summed E-state index contributed by atoms with van der Waals surface area (Å²) in [5.74, 6) is 0.842. The molecule has 0 saturated carbocycles. The third kappa shape index (κ3) is 29.2. The largest absolute Gasteiger partial charge is 1.00 e. The number of hydrogen-bond acceptors (Lipinski definition) is 9. The van der Waals surface area contributed by atoms with Crippen molar-refractivity contribution in [1.29, 1.82) is 0 Å². The number of rotatable bonds is 15. The van der Waals surface area contributed by atoms with Gasteiger partial charge in [0.15, 0.2) is 28.9 Å². The second-order valence-corrected chi connectivity index (χ2v) is 18.5. The molecule has 0 atom stereocenters. The van der Waals surface area contributed by atoms with Gasteiger partial charge in [-0.3, -0.25) is 32.4 Å². The van der Waals surface area contributed by atoms with Crippen LogP contribution in [0.5, 0.6) is 0 Å². The van der Waals surface area contributed by atoms with Gasteiger partial charge in [0, 0.05) is 70.3 Å². The third-order valence-electron chi connectivity index (χ3n) is 11.5. The zero-order chi connectivity index (χ0) is 57.1. The Morgan fingerprint density at radius 1 is 0.220 bits per heavy atom. The Labute approximate surface area is 526 Å². The van der Waals surface area contributed by atoms with E-state index in [9.17, 15) is 24.0 Å². The minimum atomic E-state index is -5.17. The molecule has 0 unspecified atom stereocenters. The molecule has 10 aromatic rings. The van der Waals surface area contributed by atoms with Crippen LogP contribution in [0.15, 0.2) is 303 Å². The Bertz CT molecular complexity index is 2950. The van der Waals surface area contributed by atoms with Crippen molar-refractivity contribution in [3.63, 3.8) is 0 Å². The number of carbonyl (C=O) groups excluding carboxylic acids is 5. The second-order valence-electron chi connectivity index (χ2n) is 17.7. The Hall–Kier alpha value is -7.58. The first-order chi connectivity index (χ1) is 38.8. The van der Waals surface area contributed by atoms with Crippen LogP contribution in [0.25, 0.3) is 0 Å². The van der Waals surface area contributed by atoms with Crippen LogP contribution in [0, 0.1) is 0 Å². The molecular formula is C70H60Na2O9S. The molecule has 82 heavy (non-hydrogen) atoms. The number of benzene rings is 10. The maximum Gasteiger partial charge on any atom is 1.00 e. The summed E-state index contributed by atoms with van der Waals surface area (Å²) in [5.41, 5.74) is 9.20. The summed E-state index contributed by atoms with van der Waals surface area (Å²) in [6, 6.07) is 96.0. The first-order valence-electron chi connectivity index (χ1n) is 25.6. The maximum atomic E-state index is 11.8. The molecule has 0 heterocycles. The molecule has 0 aliphatic heterocycles. The molecule has 402 valence electrons. The van der Waals surface area contributed by atoms with E-state index in [4.69, 9.17) is 17.5 Å². The van der Waals surface area contributed by atoms with Crippen molar-refractivity contribution in [3.8, 4) is 0 Å². The van der Waals surface area contributed by atoms with Crippen molar-refractivity contribution in [1.82, 2.24) is 0 Å². The Balaban J connectivity index is 0.000000262. The second kappa shape index (κ2) is 39.8. The molecule has 0 aromatic heterocycles. The Morgan fingerprint density at radius 2 is 0.317 bits per heavy atom. The molecule has 0 aliphatic carbocycles. The SMILES string of the molecule is O=C(Cc1ccccc1)c1ccccc1.O=C(Cc1ccccc1)c1ccccc1.O=C(Cc1ccccc1)c1ccccc1.O=C(Cc1ccccc1)c1ccccc1.O=C(Cc1ccccc1)c1ccccc1.O=S(=O)([O-])[O-].[Na+].[Na+]. The summed E-state index contributed by atoms with van der Waals surface area (Å²) >= 11 is 0.